The van der Waals surface area contributed by atoms with Gasteiger partial charge in [-0.05, 0) is 53.9 Å². The number of hydrogen-bond acceptors (Lipinski definition) is 7. The van der Waals surface area contributed by atoms with Crippen molar-refractivity contribution < 1.29 is 23.6 Å². The third-order valence-corrected chi connectivity index (χ3v) is 8.94. The standard InChI is InChI=1S/C36H36ClN5O6/c1-23(43)38-27-12-13-32-28(20-27)31(44)21-33(48-32)35(46)39-29(19-24-8-10-26(37)11-9-24)36(47)41-17-15-40(16-18-41)30-6-3-2-5-25(30)22-42-14-4-7-34(42)45/h2-3,5-6,8-13,20-21,29H,4,7,14-19,22H2,1H3,(H,38,43)(H,39,46)/t29-/m0/s1. The van der Waals surface area contributed by atoms with E-state index in [0.29, 0.717) is 49.9 Å². The van der Waals surface area contributed by atoms with Gasteiger partial charge >= 0.3 is 0 Å². The first kappa shape index (κ1) is 32.8. The van der Waals surface area contributed by atoms with Crippen LogP contribution in [0.1, 0.15) is 41.4 Å². The van der Waals surface area contributed by atoms with Gasteiger partial charge in [0.1, 0.15) is 11.6 Å². The van der Waals surface area contributed by atoms with Gasteiger partial charge in [0.15, 0.2) is 11.2 Å². The van der Waals surface area contributed by atoms with Crippen LogP contribution in [0.15, 0.2) is 82.0 Å². The normalized spacial score (nSPS) is 15.5. The minimum Gasteiger partial charge on any atom is -0.451 e. The molecule has 12 heteroatoms. The first-order chi connectivity index (χ1) is 23.1. The number of benzene rings is 3. The maximum atomic E-state index is 14.0. The van der Waals surface area contributed by atoms with Crippen molar-refractivity contribution in [3.05, 3.63) is 105 Å². The number of nitrogens with zero attached hydrogens (tertiary/aromatic N) is 3. The number of anilines is 2. The third kappa shape index (κ3) is 7.52. The van der Waals surface area contributed by atoms with E-state index in [1.807, 2.05) is 23.1 Å². The van der Waals surface area contributed by atoms with Gasteiger partial charge in [-0.15, -0.1) is 0 Å². The lowest BCUT2D eigenvalue weighted by Gasteiger charge is -2.38. The molecule has 0 spiro atoms. The first-order valence-electron chi connectivity index (χ1n) is 15.9. The molecule has 48 heavy (non-hydrogen) atoms. The number of rotatable bonds is 9. The summed E-state index contributed by atoms with van der Waals surface area (Å²) in [6.45, 7) is 4.72. The molecule has 3 heterocycles. The fourth-order valence-corrected chi connectivity index (χ4v) is 6.38. The number of para-hydroxylation sites is 1. The Morgan fingerprint density at radius 3 is 2.38 bits per heavy atom. The monoisotopic (exact) mass is 669 g/mol. The van der Waals surface area contributed by atoms with Gasteiger partial charge in [0.25, 0.3) is 5.91 Å². The predicted octanol–water partition coefficient (Wildman–Crippen LogP) is 4.22. The summed E-state index contributed by atoms with van der Waals surface area (Å²) in [6, 6.07) is 19.8. The van der Waals surface area contributed by atoms with Crippen LogP contribution in [0.5, 0.6) is 0 Å². The van der Waals surface area contributed by atoms with Gasteiger partial charge in [-0.3, -0.25) is 24.0 Å². The Bertz CT molecular complexity index is 1920. The maximum absolute atomic E-state index is 14.0. The lowest BCUT2D eigenvalue weighted by molar-refractivity contribution is -0.133. The molecule has 0 unspecified atom stereocenters. The predicted molar refractivity (Wildman–Crippen MR) is 183 cm³/mol. The number of halogens is 1. The van der Waals surface area contributed by atoms with E-state index in [-0.39, 0.29) is 40.9 Å². The highest BCUT2D eigenvalue weighted by atomic mass is 35.5. The van der Waals surface area contributed by atoms with E-state index in [1.54, 1.807) is 35.2 Å². The van der Waals surface area contributed by atoms with Crippen LogP contribution < -0.4 is 21.0 Å². The van der Waals surface area contributed by atoms with Crippen LogP contribution in [0, 0.1) is 0 Å². The largest absolute Gasteiger partial charge is 0.451 e. The number of nitrogens with one attached hydrogen (secondary N) is 2. The van der Waals surface area contributed by atoms with E-state index in [1.165, 1.54) is 19.1 Å². The molecule has 11 nitrogen and oxygen atoms in total. The summed E-state index contributed by atoms with van der Waals surface area (Å²) >= 11 is 6.09. The van der Waals surface area contributed by atoms with Gasteiger partial charge in [-0.1, -0.05) is 41.9 Å². The van der Waals surface area contributed by atoms with Gasteiger partial charge < -0.3 is 29.8 Å². The zero-order valence-electron chi connectivity index (χ0n) is 26.5. The van der Waals surface area contributed by atoms with Crippen molar-refractivity contribution in [1.82, 2.24) is 15.1 Å². The SMILES string of the molecule is CC(=O)Nc1ccc2oc(C(=O)N[C@@H](Cc3ccc(Cl)cc3)C(=O)N3CCN(c4ccccc4CN4CCCC4=O)CC3)cc(=O)c2c1. The van der Waals surface area contributed by atoms with Crippen LogP contribution in [-0.4, -0.2) is 72.2 Å². The Labute approximate surface area is 282 Å². The molecule has 2 fully saturated rings. The zero-order valence-corrected chi connectivity index (χ0v) is 27.3. The molecule has 1 aromatic heterocycles. The van der Waals surface area contributed by atoms with E-state index in [9.17, 15) is 24.0 Å². The topological polar surface area (TPSA) is 132 Å². The smallest absolute Gasteiger partial charge is 0.287 e. The summed E-state index contributed by atoms with van der Waals surface area (Å²) in [4.78, 5) is 70.1. The minimum absolute atomic E-state index is 0.174. The average Bonchev–Trinajstić information content (AvgIpc) is 3.49. The van der Waals surface area contributed by atoms with E-state index >= 15 is 0 Å². The molecular formula is C36H36ClN5O6. The van der Waals surface area contributed by atoms with Crippen molar-refractivity contribution in [2.45, 2.75) is 38.8 Å². The van der Waals surface area contributed by atoms with E-state index in [0.717, 1.165) is 35.8 Å². The van der Waals surface area contributed by atoms with Gasteiger partial charge in [0.2, 0.25) is 17.7 Å². The fourth-order valence-electron chi connectivity index (χ4n) is 6.25. The Kier molecular flexibility index (Phi) is 9.77. The van der Waals surface area contributed by atoms with Crippen molar-refractivity contribution in [2.75, 3.05) is 42.9 Å². The molecule has 0 radical (unpaired) electrons. The van der Waals surface area contributed by atoms with Crippen LogP contribution in [0.2, 0.25) is 5.02 Å². The summed E-state index contributed by atoms with van der Waals surface area (Å²) in [5.41, 5.74) is 3.06. The number of fused-ring (bicyclic) bond motifs is 1. The molecule has 1 atom stereocenters. The van der Waals surface area contributed by atoms with Crippen LogP contribution in [0.25, 0.3) is 11.0 Å². The number of carbonyl (C=O) groups is 4. The molecule has 0 aliphatic carbocycles. The van der Waals surface area contributed by atoms with Crippen molar-refractivity contribution in [3.63, 3.8) is 0 Å². The summed E-state index contributed by atoms with van der Waals surface area (Å²) in [5.74, 6) is -1.29. The Balaban J connectivity index is 1.18. The highest BCUT2D eigenvalue weighted by molar-refractivity contribution is 6.30. The zero-order chi connectivity index (χ0) is 33.8. The third-order valence-electron chi connectivity index (χ3n) is 8.68. The lowest BCUT2D eigenvalue weighted by atomic mass is 10.0. The Hall–Kier alpha value is -5.16. The Morgan fingerprint density at radius 2 is 1.67 bits per heavy atom. The maximum Gasteiger partial charge on any atom is 0.287 e. The molecule has 6 rings (SSSR count). The molecule has 2 N–H and O–H groups in total. The average molecular weight is 670 g/mol. The molecule has 0 bridgehead atoms. The number of likely N-dealkylation sites (tertiary alicyclic amines) is 1. The summed E-state index contributed by atoms with van der Waals surface area (Å²) in [6.07, 6.45) is 1.67. The van der Waals surface area contributed by atoms with Crippen molar-refractivity contribution in [1.29, 1.82) is 0 Å². The van der Waals surface area contributed by atoms with Crippen LogP contribution >= 0.6 is 11.6 Å². The fraction of sp³-hybridized carbons (Fsp3) is 0.306. The summed E-state index contributed by atoms with van der Waals surface area (Å²) < 4.78 is 5.79. The summed E-state index contributed by atoms with van der Waals surface area (Å²) in [7, 11) is 0. The molecule has 0 saturated carbocycles. The highest BCUT2D eigenvalue weighted by Gasteiger charge is 2.31. The second-order valence-electron chi connectivity index (χ2n) is 12.1. The Morgan fingerprint density at radius 1 is 0.917 bits per heavy atom. The first-order valence-corrected chi connectivity index (χ1v) is 16.3. The number of amides is 4. The molecule has 2 saturated heterocycles. The lowest BCUT2D eigenvalue weighted by Crippen LogP contribution is -2.55. The molecule has 2 aliphatic rings. The van der Waals surface area contributed by atoms with Gasteiger partial charge in [0.05, 0.1) is 5.39 Å². The molecule has 248 valence electrons. The van der Waals surface area contributed by atoms with Crippen molar-refractivity contribution in [3.8, 4) is 0 Å². The second kappa shape index (κ2) is 14.3. The quantitative estimate of drug-likeness (QED) is 0.273. The number of hydrogen-bond donors (Lipinski definition) is 2. The van der Waals surface area contributed by atoms with Crippen molar-refractivity contribution in [2.24, 2.45) is 0 Å². The summed E-state index contributed by atoms with van der Waals surface area (Å²) in [5, 5.41) is 6.20. The van der Waals surface area contributed by atoms with E-state index in [4.69, 9.17) is 16.0 Å². The molecule has 3 aromatic carbocycles. The van der Waals surface area contributed by atoms with Gasteiger partial charge in [-0.2, -0.15) is 0 Å². The van der Waals surface area contributed by atoms with Gasteiger partial charge in [-0.25, -0.2) is 0 Å². The molecule has 2 aliphatic heterocycles. The molecular weight excluding hydrogens is 634 g/mol. The van der Waals surface area contributed by atoms with Crippen LogP contribution in [0.4, 0.5) is 11.4 Å². The number of piperazine rings is 1. The van der Waals surface area contributed by atoms with Crippen LogP contribution in [-0.2, 0) is 27.3 Å². The van der Waals surface area contributed by atoms with Crippen molar-refractivity contribution >= 4 is 57.6 Å². The van der Waals surface area contributed by atoms with E-state index in [2.05, 4.69) is 21.6 Å². The second-order valence-corrected chi connectivity index (χ2v) is 12.5. The van der Waals surface area contributed by atoms with E-state index < -0.39 is 17.4 Å². The van der Waals surface area contributed by atoms with Gasteiger partial charge in [0, 0.05) is 81.5 Å². The molecule has 4 aromatic rings. The number of carbonyl (C=O) groups excluding carboxylic acids is 4. The highest BCUT2D eigenvalue weighted by Crippen LogP contribution is 2.26. The molecule has 4 amide bonds. The minimum atomic E-state index is -0.943. The van der Waals surface area contributed by atoms with Crippen LogP contribution in [0.3, 0.4) is 0 Å².